The average molecular weight is 236 g/mol. The van der Waals surface area contributed by atoms with Gasteiger partial charge in [0.15, 0.2) is 5.89 Å². The largest absolute Gasteiger partial charge is 0.465 e. The van der Waals surface area contributed by atoms with E-state index in [2.05, 4.69) is 9.72 Å². The number of rotatable bonds is 2. The van der Waals surface area contributed by atoms with Gasteiger partial charge in [0.05, 0.1) is 17.6 Å². The molecule has 88 valence electrons. The van der Waals surface area contributed by atoms with Crippen LogP contribution in [0.25, 0.3) is 11.1 Å². The molecule has 0 saturated carbocycles. The molecule has 0 fully saturated rings. The minimum atomic E-state index is -0.657. The Morgan fingerprint density at radius 3 is 2.82 bits per heavy atom. The summed E-state index contributed by atoms with van der Waals surface area (Å²) in [6, 6.07) is 2.50. The summed E-state index contributed by atoms with van der Waals surface area (Å²) in [6.07, 6.45) is 0. The van der Waals surface area contributed by atoms with Gasteiger partial charge in [0.25, 0.3) is 0 Å². The van der Waals surface area contributed by atoms with E-state index in [1.165, 1.54) is 13.2 Å². The molecule has 1 aromatic carbocycles. The van der Waals surface area contributed by atoms with Gasteiger partial charge in [-0.2, -0.15) is 0 Å². The lowest BCUT2D eigenvalue weighted by atomic mass is 10.2. The summed E-state index contributed by atoms with van der Waals surface area (Å²) < 4.78 is 9.63. The van der Waals surface area contributed by atoms with Crippen molar-refractivity contribution in [3.8, 4) is 0 Å². The first-order chi connectivity index (χ1) is 8.02. The Morgan fingerprint density at radius 2 is 2.24 bits per heavy atom. The summed E-state index contributed by atoms with van der Waals surface area (Å²) in [5.41, 5.74) is 0.0840. The molecule has 7 heteroatoms. The van der Waals surface area contributed by atoms with Crippen molar-refractivity contribution in [1.29, 1.82) is 0 Å². The maximum absolute atomic E-state index is 11.3. The Hall–Kier alpha value is -2.44. The molecular weight excluding hydrogens is 228 g/mol. The van der Waals surface area contributed by atoms with Gasteiger partial charge in [0, 0.05) is 13.0 Å². The van der Waals surface area contributed by atoms with Crippen molar-refractivity contribution in [2.75, 3.05) is 7.11 Å². The number of oxazole rings is 1. The quantitative estimate of drug-likeness (QED) is 0.448. The molecule has 7 nitrogen and oxygen atoms in total. The van der Waals surface area contributed by atoms with Crippen molar-refractivity contribution in [2.45, 2.75) is 6.92 Å². The van der Waals surface area contributed by atoms with Gasteiger partial charge in [-0.1, -0.05) is 0 Å². The standard InChI is InChI=1S/C10H8N2O5/c1-5-11-7-3-6(10(13)16-2)4-8(12(14)15)9(7)17-5/h3-4H,1-2H3. The SMILES string of the molecule is COC(=O)c1cc([N+](=O)[O-])c2oc(C)nc2c1. The van der Waals surface area contributed by atoms with Crippen LogP contribution in [0.1, 0.15) is 16.2 Å². The second-order valence-electron chi connectivity index (χ2n) is 3.33. The number of aromatic nitrogens is 1. The van der Waals surface area contributed by atoms with Crippen LogP contribution in [0.15, 0.2) is 16.5 Å². The van der Waals surface area contributed by atoms with E-state index in [4.69, 9.17) is 4.42 Å². The van der Waals surface area contributed by atoms with Gasteiger partial charge in [-0.3, -0.25) is 10.1 Å². The van der Waals surface area contributed by atoms with Crippen LogP contribution in [-0.2, 0) is 4.74 Å². The first-order valence-corrected chi connectivity index (χ1v) is 4.67. The van der Waals surface area contributed by atoms with Crippen LogP contribution in [0, 0.1) is 17.0 Å². The maximum atomic E-state index is 11.3. The van der Waals surface area contributed by atoms with Crippen LogP contribution in [0.3, 0.4) is 0 Å². The van der Waals surface area contributed by atoms with Crippen LogP contribution >= 0.6 is 0 Å². The molecule has 0 saturated heterocycles. The van der Waals surface area contributed by atoms with E-state index in [1.807, 2.05) is 0 Å². The Bertz CT molecular complexity index is 616. The first-order valence-electron chi connectivity index (χ1n) is 4.67. The molecule has 2 aromatic rings. The van der Waals surface area contributed by atoms with Crippen LogP contribution in [0.5, 0.6) is 0 Å². The highest BCUT2D eigenvalue weighted by atomic mass is 16.6. The highest BCUT2D eigenvalue weighted by Gasteiger charge is 2.21. The molecule has 0 unspecified atom stereocenters. The Kier molecular flexibility index (Phi) is 2.51. The van der Waals surface area contributed by atoms with Gasteiger partial charge >= 0.3 is 11.7 Å². The number of hydrogen-bond acceptors (Lipinski definition) is 6. The minimum absolute atomic E-state index is 0.0557. The minimum Gasteiger partial charge on any atom is -0.465 e. The number of ether oxygens (including phenoxy) is 1. The van der Waals surface area contributed by atoms with Gasteiger partial charge in [0.2, 0.25) is 5.58 Å². The third-order valence-corrected chi connectivity index (χ3v) is 2.20. The summed E-state index contributed by atoms with van der Waals surface area (Å²) in [6.45, 7) is 1.57. The van der Waals surface area contributed by atoms with Crippen LogP contribution in [0.4, 0.5) is 5.69 Å². The zero-order valence-corrected chi connectivity index (χ0v) is 9.09. The van der Waals surface area contributed by atoms with Crippen LogP contribution < -0.4 is 0 Å². The zero-order chi connectivity index (χ0) is 12.6. The molecule has 0 bridgehead atoms. The number of non-ortho nitro benzene ring substituents is 1. The van der Waals surface area contributed by atoms with Gasteiger partial charge in [-0.25, -0.2) is 9.78 Å². The summed E-state index contributed by atoms with van der Waals surface area (Å²) >= 11 is 0. The van der Waals surface area contributed by atoms with E-state index in [0.29, 0.717) is 5.89 Å². The molecule has 0 radical (unpaired) electrons. The predicted octanol–water partition coefficient (Wildman–Crippen LogP) is 1.83. The van der Waals surface area contributed by atoms with Gasteiger partial charge in [-0.15, -0.1) is 0 Å². The molecule has 0 aliphatic rings. The number of carbonyl (C=O) groups is 1. The third kappa shape index (κ3) is 1.82. The van der Waals surface area contributed by atoms with Crippen molar-refractivity contribution in [3.05, 3.63) is 33.7 Å². The van der Waals surface area contributed by atoms with Crippen LogP contribution in [0.2, 0.25) is 0 Å². The smallest absolute Gasteiger partial charge is 0.338 e. The van der Waals surface area contributed by atoms with Gasteiger partial charge in [-0.05, 0) is 6.07 Å². The highest BCUT2D eigenvalue weighted by molar-refractivity contribution is 5.96. The molecule has 0 N–H and O–H groups in total. The first kappa shape index (κ1) is 11.1. The van der Waals surface area contributed by atoms with E-state index in [1.54, 1.807) is 6.92 Å². The summed E-state index contributed by atoms with van der Waals surface area (Å²) in [7, 11) is 1.20. The fourth-order valence-electron chi connectivity index (χ4n) is 1.50. The number of benzene rings is 1. The van der Waals surface area contributed by atoms with Crippen molar-refractivity contribution < 1.29 is 18.9 Å². The van der Waals surface area contributed by atoms with E-state index in [9.17, 15) is 14.9 Å². The maximum Gasteiger partial charge on any atom is 0.338 e. The molecule has 2 rings (SSSR count). The number of carbonyl (C=O) groups excluding carboxylic acids is 1. The van der Waals surface area contributed by atoms with E-state index < -0.39 is 10.9 Å². The summed E-state index contributed by atoms with van der Waals surface area (Å²) in [5.74, 6) is -0.360. The number of hydrogen-bond donors (Lipinski definition) is 0. The molecule has 0 atom stereocenters. The van der Waals surface area contributed by atoms with Gasteiger partial charge < -0.3 is 9.15 Å². The number of aryl methyl sites for hydroxylation is 1. The molecule has 0 spiro atoms. The lowest BCUT2D eigenvalue weighted by Crippen LogP contribution is -2.02. The number of methoxy groups -OCH3 is 1. The molecule has 0 aliphatic carbocycles. The fourth-order valence-corrected chi connectivity index (χ4v) is 1.50. The monoisotopic (exact) mass is 236 g/mol. The normalized spacial score (nSPS) is 10.5. The Balaban J connectivity index is 2.75. The molecule has 0 amide bonds. The molecule has 17 heavy (non-hydrogen) atoms. The molecule has 1 aromatic heterocycles. The fraction of sp³-hybridized carbons (Fsp3) is 0.200. The number of fused-ring (bicyclic) bond motifs is 1. The van der Waals surface area contributed by atoms with Crippen molar-refractivity contribution >= 4 is 22.8 Å². The topological polar surface area (TPSA) is 95.5 Å². The van der Waals surface area contributed by atoms with Gasteiger partial charge in [0.1, 0.15) is 5.52 Å². The molecule has 0 aliphatic heterocycles. The summed E-state index contributed by atoms with van der Waals surface area (Å²) in [5, 5.41) is 10.9. The second kappa shape index (κ2) is 3.85. The van der Waals surface area contributed by atoms with Crippen LogP contribution in [-0.4, -0.2) is 23.0 Å². The zero-order valence-electron chi connectivity index (χ0n) is 9.09. The molecule has 1 heterocycles. The highest BCUT2D eigenvalue weighted by Crippen LogP contribution is 2.28. The molecular formula is C10H8N2O5. The third-order valence-electron chi connectivity index (χ3n) is 2.20. The van der Waals surface area contributed by atoms with E-state index in [0.717, 1.165) is 6.07 Å². The number of nitro benzene ring substituents is 1. The summed E-state index contributed by atoms with van der Waals surface area (Å²) in [4.78, 5) is 25.5. The van der Waals surface area contributed by atoms with E-state index in [-0.39, 0.29) is 22.4 Å². The number of nitro groups is 1. The second-order valence-corrected chi connectivity index (χ2v) is 3.33. The Morgan fingerprint density at radius 1 is 1.53 bits per heavy atom. The lowest BCUT2D eigenvalue weighted by molar-refractivity contribution is -0.383. The van der Waals surface area contributed by atoms with E-state index >= 15 is 0 Å². The lowest BCUT2D eigenvalue weighted by Gasteiger charge is -1.98. The predicted molar refractivity (Wildman–Crippen MR) is 56.7 cm³/mol. The number of nitrogens with zero attached hydrogens (tertiary/aromatic N) is 2. The van der Waals surface area contributed by atoms with Crippen molar-refractivity contribution in [3.63, 3.8) is 0 Å². The average Bonchev–Trinajstić information content (AvgIpc) is 2.66. The van der Waals surface area contributed by atoms with Crippen molar-refractivity contribution in [1.82, 2.24) is 4.98 Å². The van der Waals surface area contributed by atoms with Crippen molar-refractivity contribution in [2.24, 2.45) is 0 Å². The number of esters is 1. The Labute approximate surface area is 95.1 Å².